The Kier molecular flexibility index (Phi) is 6.35. The minimum absolute atomic E-state index is 0.569. The maximum atomic E-state index is 3.42. The first-order chi connectivity index (χ1) is 6.02. The van der Waals surface area contributed by atoms with Gasteiger partial charge in [0.1, 0.15) is 0 Å². The summed E-state index contributed by atoms with van der Waals surface area (Å²) in [5, 5.41) is 2.05. The minimum Gasteiger partial charge on any atom is -0.253 e. The molecule has 13 heavy (non-hydrogen) atoms. The fourth-order valence-electron chi connectivity index (χ4n) is 1.97. The van der Waals surface area contributed by atoms with E-state index in [0.29, 0.717) is 6.04 Å². The molecule has 0 rings (SSSR count). The molecule has 0 amide bonds. The predicted octanol–water partition coefficient (Wildman–Crippen LogP) is 2.51. The number of rotatable bonds is 6. The van der Waals surface area contributed by atoms with E-state index in [1.807, 2.05) is 5.01 Å². The zero-order valence-corrected chi connectivity index (χ0v) is 10.1. The second-order valence-corrected chi connectivity index (χ2v) is 4.25. The van der Waals surface area contributed by atoms with Crippen LogP contribution < -0.4 is 5.43 Å². The van der Waals surface area contributed by atoms with Crippen molar-refractivity contribution < 1.29 is 0 Å². The highest BCUT2D eigenvalue weighted by Crippen LogP contribution is 2.22. The van der Waals surface area contributed by atoms with E-state index < -0.39 is 0 Å². The zero-order valence-electron chi connectivity index (χ0n) is 10.1. The molecule has 0 saturated heterocycles. The number of nitrogens with one attached hydrogen (secondary N) is 1. The quantitative estimate of drug-likeness (QED) is 0.641. The van der Waals surface area contributed by atoms with Crippen LogP contribution in [0.3, 0.4) is 0 Å². The van der Waals surface area contributed by atoms with Gasteiger partial charge >= 0.3 is 0 Å². The van der Waals surface area contributed by atoms with Gasteiger partial charge in [-0.25, -0.2) is 0 Å². The predicted molar refractivity (Wildman–Crippen MR) is 59.5 cm³/mol. The van der Waals surface area contributed by atoms with E-state index in [1.54, 1.807) is 0 Å². The van der Waals surface area contributed by atoms with Crippen LogP contribution >= 0.6 is 0 Å². The van der Waals surface area contributed by atoms with Crippen LogP contribution in [-0.2, 0) is 0 Å². The van der Waals surface area contributed by atoms with Crippen molar-refractivity contribution in [2.75, 3.05) is 14.1 Å². The number of nitrogens with zero attached hydrogens (tertiary/aromatic N) is 1. The van der Waals surface area contributed by atoms with Crippen molar-refractivity contribution in [1.29, 1.82) is 0 Å². The summed E-state index contributed by atoms with van der Waals surface area (Å²) in [6.45, 7) is 9.18. The summed E-state index contributed by atoms with van der Waals surface area (Å²) >= 11 is 0. The Labute approximate surface area is 83.7 Å². The molecule has 0 aromatic carbocycles. The molecule has 0 fully saturated rings. The van der Waals surface area contributed by atoms with Crippen LogP contribution in [0, 0.1) is 11.8 Å². The monoisotopic (exact) mass is 186 g/mol. The highest BCUT2D eigenvalue weighted by molar-refractivity contribution is 4.72. The molecule has 0 heterocycles. The van der Waals surface area contributed by atoms with Crippen LogP contribution in [0.25, 0.3) is 0 Å². The summed E-state index contributed by atoms with van der Waals surface area (Å²) in [6.07, 6.45) is 2.58. The van der Waals surface area contributed by atoms with Gasteiger partial charge in [0.15, 0.2) is 0 Å². The first kappa shape index (κ1) is 12.9. The third-order valence-electron chi connectivity index (χ3n) is 3.04. The van der Waals surface area contributed by atoms with Crippen molar-refractivity contribution in [2.45, 2.75) is 46.6 Å². The third kappa shape index (κ3) is 4.63. The van der Waals surface area contributed by atoms with Gasteiger partial charge in [-0.05, 0) is 18.8 Å². The van der Waals surface area contributed by atoms with Crippen molar-refractivity contribution in [2.24, 2.45) is 11.8 Å². The third-order valence-corrected chi connectivity index (χ3v) is 3.04. The van der Waals surface area contributed by atoms with Crippen LogP contribution in [-0.4, -0.2) is 25.1 Å². The molecule has 2 atom stereocenters. The van der Waals surface area contributed by atoms with E-state index in [2.05, 4.69) is 47.2 Å². The Morgan fingerprint density at radius 1 is 1.08 bits per heavy atom. The maximum Gasteiger partial charge on any atom is 0.0215 e. The van der Waals surface area contributed by atoms with Gasteiger partial charge in [-0.2, -0.15) is 0 Å². The van der Waals surface area contributed by atoms with E-state index in [1.165, 1.54) is 12.8 Å². The van der Waals surface area contributed by atoms with Gasteiger partial charge in [-0.15, -0.1) is 0 Å². The molecule has 0 aliphatic heterocycles. The SMILES string of the molecule is CCC(CC)C(C)C(C)NN(C)C. The van der Waals surface area contributed by atoms with Gasteiger partial charge < -0.3 is 0 Å². The van der Waals surface area contributed by atoms with Crippen LogP contribution in [0.4, 0.5) is 0 Å². The Hall–Kier alpha value is -0.0800. The second kappa shape index (κ2) is 6.39. The minimum atomic E-state index is 0.569. The van der Waals surface area contributed by atoms with Gasteiger partial charge in [0.25, 0.3) is 0 Å². The molecular weight excluding hydrogens is 160 g/mol. The summed E-state index contributed by atoms with van der Waals surface area (Å²) in [7, 11) is 4.10. The smallest absolute Gasteiger partial charge is 0.0215 e. The highest BCUT2D eigenvalue weighted by Gasteiger charge is 2.19. The lowest BCUT2D eigenvalue weighted by atomic mass is 9.85. The number of hydrogen-bond acceptors (Lipinski definition) is 2. The average Bonchev–Trinajstić information content (AvgIpc) is 2.05. The van der Waals surface area contributed by atoms with Crippen molar-refractivity contribution in [3.63, 3.8) is 0 Å². The van der Waals surface area contributed by atoms with E-state index in [4.69, 9.17) is 0 Å². The molecule has 80 valence electrons. The van der Waals surface area contributed by atoms with Crippen molar-refractivity contribution in [3.05, 3.63) is 0 Å². The summed E-state index contributed by atoms with van der Waals surface area (Å²) in [6, 6.07) is 0.569. The average molecular weight is 186 g/mol. The normalized spacial score (nSPS) is 16.6. The Morgan fingerprint density at radius 3 is 1.85 bits per heavy atom. The summed E-state index contributed by atoms with van der Waals surface area (Å²) in [5.74, 6) is 1.60. The summed E-state index contributed by atoms with van der Waals surface area (Å²) < 4.78 is 0. The van der Waals surface area contributed by atoms with E-state index in [-0.39, 0.29) is 0 Å². The van der Waals surface area contributed by atoms with Gasteiger partial charge in [0, 0.05) is 20.1 Å². The topological polar surface area (TPSA) is 15.3 Å². The van der Waals surface area contributed by atoms with Crippen LogP contribution in [0.5, 0.6) is 0 Å². The molecule has 0 saturated carbocycles. The van der Waals surface area contributed by atoms with Crippen LogP contribution in [0.1, 0.15) is 40.5 Å². The lowest BCUT2D eigenvalue weighted by molar-refractivity contribution is 0.173. The molecule has 0 aromatic heterocycles. The molecular formula is C11H26N2. The molecule has 1 N–H and O–H groups in total. The van der Waals surface area contributed by atoms with E-state index in [9.17, 15) is 0 Å². The fourth-order valence-corrected chi connectivity index (χ4v) is 1.97. The fraction of sp³-hybridized carbons (Fsp3) is 1.00. The molecule has 2 unspecified atom stereocenters. The van der Waals surface area contributed by atoms with Gasteiger partial charge in [-0.1, -0.05) is 33.6 Å². The van der Waals surface area contributed by atoms with E-state index in [0.717, 1.165) is 11.8 Å². The molecule has 2 nitrogen and oxygen atoms in total. The standard InChI is InChI=1S/C11H26N2/c1-7-11(8-2)9(3)10(4)12-13(5)6/h9-12H,7-8H2,1-6H3. The zero-order chi connectivity index (χ0) is 10.4. The van der Waals surface area contributed by atoms with Crippen LogP contribution in [0.15, 0.2) is 0 Å². The summed E-state index contributed by atoms with van der Waals surface area (Å²) in [4.78, 5) is 0. The maximum absolute atomic E-state index is 3.42. The molecule has 0 aliphatic carbocycles. The van der Waals surface area contributed by atoms with Crippen molar-refractivity contribution in [3.8, 4) is 0 Å². The van der Waals surface area contributed by atoms with Crippen molar-refractivity contribution >= 4 is 0 Å². The molecule has 0 radical (unpaired) electrons. The first-order valence-corrected chi connectivity index (χ1v) is 5.46. The van der Waals surface area contributed by atoms with Gasteiger partial charge in [0.05, 0.1) is 0 Å². The highest BCUT2D eigenvalue weighted by atomic mass is 15.5. The molecule has 0 spiro atoms. The van der Waals surface area contributed by atoms with Crippen molar-refractivity contribution in [1.82, 2.24) is 10.4 Å². The number of hydrazine groups is 1. The van der Waals surface area contributed by atoms with Gasteiger partial charge in [-0.3, -0.25) is 10.4 Å². The second-order valence-electron chi connectivity index (χ2n) is 4.25. The lowest BCUT2D eigenvalue weighted by Gasteiger charge is -2.30. The van der Waals surface area contributed by atoms with E-state index >= 15 is 0 Å². The number of hydrogen-bond donors (Lipinski definition) is 1. The largest absolute Gasteiger partial charge is 0.253 e. The van der Waals surface area contributed by atoms with Gasteiger partial charge in [0.2, 0.25) is 0 Å². The first-order valence-electron chi connectivity index (χ1n) is 5.46. The van der Waals surface area contributed by atoms with Crippen LogP contribution in [0.2, 0.25) is 0 Å². The molecule has 0 aromatic rings. The Bertz CT molecular complexity index is 119. The Balaban J connectivity index is 3.98. The Morgan fingerprint density at radius 2 is 1.54 bits per heavy atom. The molecule has 0 bridgehead atoms. The molecule has 0 aliphatic rings. The molecule has 2 heteroatoms. The summed E-state index contributed by atoms with van der Waals surface area (Å²) in [5.41, 5.74) is 3.42. The lowest BCUT2D eigenvalue weighted by Crippen LogP contribution is -2.43.